The second-order valence-corrected chi connectivity index (χ2v) is 5.30. The number of ether oxygens (including phenoxy) is 1. The molecule has 2 heterocycles. The van der Waals surface area contributed by atoms with Gasteiger partial charge in [0, 0.05) is 20.0 Å². The van der Waals surface area contributed by atoms with Gasteiger partial charge in [-0.15, -0.1) is 0 Å². The van der Waals surface area contributed by atoms with E-state index in [0.717, 1.165) is 18.7 Å². The normalized spacial score (nSPS) is 21.3. The number of hydrogen-bond acceptors (Lipinski definition) is 6. The van der Waals surface area contributed by atoms with E-state index in [4.69, 9.17) is 9.26 Å². The number of aromatic hydroxyl groups is 1. The average molecular weight is 289 g/mol. The fraction of sp³-hybridized carbons (Fsp3) is 0.467. The molecule has 1 saturated heterocycles. The molecule has 0 bridgehead atoms. The fourth-order valence-corrected chi connectivity index (χ4v) is 2.60. The Morgan fingerprint density at radius 3 is 3.00 bits per heavy atom. The Morgan fingerprint density at radius 2 is 2.29 bits per heavy atom. The number of benzene rings is 1. The second kappa shape index (κ2) is 5.83. The summed E-state index contributed by atoms with van der Waals surface area (Å²) in [7, 11) is 0. The molecule has 3 rings (SSSR count). The first kappa shape index (κ1) is 14.0. The molecule has 1 aromatic heterocycles. The first-order chi connectivity index (χ1) is 10.1. The van der Waals surface area contributed by atoms with Gasteiger partial charge >= 0.3 is 0 Å². The van der Waals surface area contributed by atoms with E-state index >= 15 is 0 Å². The van der Waals surface area contributed by atoms with Crippen molar-refractivity contribution in [2.24, 2.45) is 0 Å². The number of rotatable bonds is 3. The largest absolute Gasteiger partial charge is 0.508 e. The van der Waals surface area contributed by atoms with Crippen LogP contribution >= 0.6 is 0 Å². The molecule has 21 heavy (non-hydrogen) atoms. The monoisotopic (exact) mass is 289 g/mol. The van der Waals surface area contributed by atoms with Gasteiger partial charge < -0.3 is 14.4 Å². The van der Waals surface area contributed by atoms with Crippen LogP contribution in [-0.4, -0.2) is 39.8 Å². The number of morpholine rings is 1. The van der Waals surface area contributed by atoms with Crippen molar-refractivity contribution in [2.75, 3.05) is 19.7 Å². The van der Waals surface area contributed by atoms with Crippen molar-refractivity contribution in [1.82, 2.24) is 15.0 Å². The first-order valence-electron chi connectivity index (χ1n) is 7.08. The molecular formula is C15H19N3O3. The Morgan fingerprint density at radius 1 is 1.43 bits per heavy atom. The van der Waals surface area contributed by atoms with Crippen LogP contribution in [0.25, 0.3) is 0 Å². The number of hydrogen-bond donors (Lipinski definition) is 1. The third-order valence-electron chi connectivity index (χ3n) is 3.80. The van der Waals surface area contributed by atoms with Crippen LogP contribution in [0.3, 0.4) is 0 Å². The van der Waals surface area contributed by atoms with E-state index in [0.29, 0.717) is 18.3 Å². The summed E-state index contributed by atoms with van der Waals surface area (Å²) in [5.41, 5.74) is 0.983. The number of phenolic OH excluding ortho intramolecular Hbond substituents is 1. The van der Waals surface area contributed by atoms with Crippen LogP contribution < -0.4 is 0 Å². The predicted octanol–water partition coefficient (Wildman–Crippen LogP) is 2.22. The van der Waals surface area contributed by atoms with Crippen LogP contribution in [0.4, 0.5) is 0 Å². The molecule has 6 nitrogen and oxygen atoms in total. The third kappa shape index (κ3) is 3.06. The van der Waals surface area contributed by atoms with Gasteiger partial charge in [0.05, 0.1) is 18.8 Å². The Kier molecular flexibility index (Phi) is 3.90. The molecule has 0 spiro atoms. The molecular weight excluding hydrogens is 270 g/mol. The Bertz CT molecular complexity index is 614. The van der Waals surface area contributed by atoms with Crippen molar-refractivity contribution >= 4 is 0 Å². The van der Waals surface area contributed by atoms with Crippen LogP contribution in [-0.2, 0) is 4.74 Å². The van der Waals surface area contributed by atoms with Crippen molar-refractivity contribution < 1.29 is 14.4 Å². The zero-order valence-corrected chi connectivity index (χ0v) is 12.2. The third-order valence-corrected chi connectivity index (χ3v) is 3.80. The molecule has 1 fully saturated rings. The number of phenols is 1. The van der Waals surface area contributed by atoms with Crippen LogP contribution in [0.5, 0.6) is 5.75 Å². The summed E-state index contributed by atoms with van der Waals surface area (Å²) in [6, 6.07) is 7.29. The molecule has 112 valence electrons. The average Bonchev–Trinajstić information content (AvgIpc) is 2.93. The summed E-state index contributed by atoms with van der Waals surface area (Å²) in [4.78, 5) is 6.56. The highest BCUT2D eigenvalue weighted by atomic mass is 16.5. The van der Waals surface area contributed by atoms with Crippen LogP contribution in [0.15, 0.2) is 28.8 Å². The van der Waals surface area contributed by atoms with Gasteiger partial charge in [-0.2, -0.15) is 4.98 Å². The Balaban J connectivity index is 1.73. The second-order valence-electron chi connectivity index (χ2n) is 5.30. The minimum absolute atomic E-state index is 0.0544. The maximum absolute atomic E-state index is 9.60. The highest BCUT2D eigenvalue weighted by Crippen LogP contribution is 2.28. The smallest absolute Gasteiger partial charge is 0.223 e. The van der Waals surface area contributed by atoms with Gasteiger partial charge in [0.1, 0.15) is 5.75 Å². The van der Waals surface area contributed by atoms with E-state index < -0.39 is 0 Å². The fourth-order valence-electron chi connectivity index (χ4n) is 2.60. The summed E-state index contributed by atoms with van der Waals surface area (Å²) in [5, 5.41) is 13.6. The van der Waals surface area contributed by atoms with Gasteiger partial charge in [0.2, 0.25) is 5.89 Å². The lowest BCUT2D eigenvalue weighted by Crippen LogP contribution is -2.40. The highest BCUT2D eigenvalue weighted by Gasteiger charge is 2.28. The van der Waals surface area contributed by atoms with Gasteiger partial charge in [-0.3, -0.25) is 4.90 Å². The van der Waals surface area contributed by atoms with E-state index in [2.05, 4.69) is 22.0 Å². The Hall–Kier alpha value is -1.92. The maximum Gasteiger partial charge on any atom is 0.223 e. The molecule has 2 aromatic rings. The van der Waals surface area contributed by atoms with Gasteiger partial charge in [0.15, 0.2) is 5.82 Å². The number of nitrogens with zero attached hydrogens (tertiary/aromatic N) is 3. The summed E-state index contributed by atoms with van der Waals surface area (Å²) in [5.74, 6) is 1.54. The summed E-state index contributed by atoms with van der Waals surface area (Å²) in [6.45, 7) is 6.05. The van der Waals surface area contributed by atoms with Crippen molar-refractivity contribution in [3.05, 3.63) is 41.5 Å². The van der Waals surface area contributed by atoms with E-state index in [1.54, 1.807) is 19.1 Å². The summed E-state index contributed by atoms with van der Waals surface area (Å²) in [6.07, 6.45) is -0.0544. The van der Waals surface area contributed by atoms with Crippen molar-refractivity contribution in [3.63, 3.8) is 0 Å². The molecule has 0 radical (unpaired) electrons. The molecule has 1 aromatic carbocycles. The lowest BCUT2D eigenvalue weighted by molar-refractivity contribution is -0.0445. The van der Waals surface area contributed by atoms with E-state index in [1.165, 1.54) is 0 Å². The molecule has 0 amide bonds. The molecule has 1 aliphatic heterocycles. The van der Waals surface area contributed by atoms with Gasteiger partial charge in [-0.25, -0.2) is 0 Å². The predicted molar refractivity (Wildman–Crippen MR) is 75.8 cm³/mol. The molecule has 1 N–H and O–H groups in total. The molecule has 2 atom stereocenters. The zero-order valence-electron chi connectivity index (χ0n) is 12.2. The van der Waals surface area contributed by atoms with Crippen molar-refractivity contribution in [1.29, 1.82) is 0 Å². The minimum Gasteiger partial charge on any atom is -0.508 e. The van der Waals surface area contributed by atoms with Crippen molar-refractivity contribution in [2.45, 2.75) is 26.0 Å². The summed E-state index contributed by atoms with van der Waals surface area (Å²) >= 11 is 0. The molecule has 1 aliphatic rings. The molecule has 0 unspecified atom stereocenters. The highest BCUT2D eigenvalue weighted by molar-refractivity contribution is 5.29. The van der Waals surface area contributed by atoms with E-state index in [1.807, 2.05) is 12.1 Å². The molecule has 6 heteroatoms. The van der Waals surface area contributed by atoms with Crippen LogP contribution in [0, 0.1) is 6.92 Å². The topological polar surface area (TPSA) is 71.6 Å². The maximum atomic E-state index is 9.60. The first-order valence-corrected chi connectivity index (χ1v) is 7.08. The van der Waals surface area contributed by atoms with Gasteiger partial charge in [0.25, 0.3) is 0 Å². The van der Waals surface area contributed by atoms with Crippen molar-refractivity contribution in [3.8, 4) is 5.75 Å². The minimum atomic E-state index is -0.0544. The summed E-state index contributed by atoms with van der Waals surface area (Å²) < 4.78 is 10.9. The zero-order chi connectivity index (χ0) is 14.8. The number of aromatic nitrogens is 2. The van der Waals surface area contributed by atoms with Gasteiger partial charge in [-0.1, -0.05) is 17.3 Å². The lowest BCUT2D eigenvalue weighted by Gasteiger charge is -2.35. The van der Waals surface area contributed by atoms with E-state index in [9.17, 15) is 5.11 Å². The Labute approximate surface area is 123 Å². The van der Waals surface area contributed by atoms with E-state index in [-0.39, 0.29) is 17.9 Å². The van der Waals surface area contributed by atoms with Crippen LogP contribution in [0.1, 0.15) is 36.3 Å². The quantitative estimate of drug-likeness (QED) is 0.934. The standard InChI is InChI=1S/C15H19N3O3/c1-10(15-16-11(2)21-17-15)18-6-7-20-14(9-18)12-4-3-5-13(19)8-12/h3-5,8,10,14,19H,6-7,9H2,1-2H3/t10-,14-/m0/s1. The SMILES string of the molecule is Cc1nc([C@H](C)N2CCO[C@H](c3cccc(O)c3)C2)no1. The van der Waals surface area contributed by atoms with Crippen LogP contribution in [0.2, 0.25) is 0 Å². The molecule has 0 saturated carbocycles. The molecule has 0 aliphatic carbocycles. The van der Waals surface area contributed by atoms with Gasteiger partial charge in [-0.05, 0) is 24.6 Å². The lowest BCUT2D eigenvalue weighted by atomic mass is 10.1. The number of aryl methyl sites for hydroxylation is 1.